The monoisotopic (exact) mass is 338 g/mol. The van der Waals surface area contributed by atoms with E-state index in [1.54, 1.807) is 0 Å². The first kappa shape index (κ1) is 15.5. The number of benzene rings is 1. The lowest BCUT2D eigenvalue weighted by molar-refractivity contribution is 0.0685. The molecule has 1 N–H and O–H groups in total. The van der Waals surface area contributed by atoms with Crippen molar-refractivity contribution in [2.45, 2.75) is 44.7 Å². The van der Waals surface area contributed by atoms with Crippen molar-refractivity contribution in [3.63, 3.8) is 0 Å². The molecule has 0 aromatic heterocycles. The average molecular weight is 339 g/mol. The second-order valence-corrected chi connectivity index (χ2v) is 6.48. The van der Waals surface area contributed by atoms with E-state index in [4.69, 9.17) is 0 Å². The van der Waals surface area contributed by atoms with Gasteiger partial charge in [0.2, 0.25) is 0 Å². The SMILES string of the molecule is CNC1CCC(N(C)C(=O)c2cccc(Br)c2C)CC1. The van der Waals surface area contributed by atoms with Gasteiger partial charge in [0, 0.05) is 29.2 Å². The van der Waals surface area contributed by atoms with E-state index in [9.17, 15) is 4.79 Å². The van der Waals surface area contributed by atoms with Crippen LogP contribution in [-0.4, -0.2) is 37.0 Å². The molecule has 0 spiro atoms. The number of nitrogens with zero attached hydrogens (tertiary/aromatic N) is 1. The van der Waals surface area contributed by atoms with Gasteiger partial charge in [-0.2, -0.15) is 0 Å². The van der Waals surface area contributed by atoms with Gasteiger partial charge < -0.3 is 10.2 Å². The molecule has 1 fully saturated rings. The van der Waals surface area contributed by atoms with Crippen molar-refractivity contribution in [2.24, 2.45) is 0 Å². The summed E-state index contributed by atoms with van der Waals surface area (Å²) < 4.78 is 0.996. The number of rotatable bonds is 3. The van der Waals surface area contributed by atoms with Gasteiger partial charge in [-0.15, -0.1) is 0 Å². The zero-order valence-electron chi connectivity index (χ0n) is 12.4. The van der Waals surface area contributed by atoms with E-state index in [-0.39, 0.29) is 5.91 Å². The second-order valence-electron chi connectivity index (χ2n) is 5.62. The summed E-state index contributed by atoms with van der Waals surface area (Å²) in [5.41, 5.74) is 1.82. The number of nitrogens with one attached hydrogen (secondary N) is 1. The molecule has 0 bridgehead atoms. The first-order chi connectivity index (χ1) is 9.54. The summed E-state index contributed by atoms with van der Waals surface area (Å²) in [6.45, 7) is 1.99. The molecule has 2 rings (SSSR count). The lowest BCUT2D eigenvalue weighted by atomic mass is 9.90. The minimum absolute atomic E-state index is 0.136. The summed E-state index contributed by atoms with van der Waals surface area (Å²) in [5, 5.41) is 3.33. The molecule has 1 aromatic rings. The van der Waals surface area contributed by atoms with Crippen molar-refractivity contribution in [1.29, 1.82) is 0 Å². The van der Waals surface area contributed by atoms with E-state index in [0.29, 0.717) is 12.1 Å². The zero-order valence-corrected chi connectivity index (χ0v) is 14.0. The third kappa shape index (κ3) is 3.23. The van der Waals surface area contributed by atoms with E-state index in [1.807, 2.05) is 44.1 Å². The fourth-order valence-corrected chi connectivity index (χ4v) is 3.31. The molecule has 4 heteroatoms. The molecule has 0 heterocycles. The molecule has 20 heavy (non-hydrogen) atoms. The normalized spacial score (nSPS) is 22.6. The van der Waals surface area contributed by atoms with Gasteiger partial charge in [-0.05, 0) is 57.4 Å². The second kappa shape index (κ2) is 6.72. The summed E-state index contributed by atoms with van der Waals surface area (Å²) in [5.74, 6) is 0.136. The number of hydrogen-bond donors (Lipinski definition) is 1. The Morgan fingerprint density at radius 2 is 1.95 bits per heavy atom. The molecule has 0 aliphatic heterocycles. The Labute approximate surface area is 129 Å². The number of halogens is 1. The molecule has 0 atom stereocenters. The number of amides is 1. The zero-order chi connectivity index (χ0) is 14.7. The van der Waals surface area contributed by atoms with Crippen LogP contribution in [0.3, 0.4) is 0 Å². The predicted molar refractivity (Wildman–Crippen MR) is 86.1 cm³/mol. The standard InChI is InChI=1S/C16H23BrN2O/c1-11-14(5-4-6-15(11)17)16(20)19(3)13-9-7-12(18-2)8-10-13/h4-6,12-13,18H,7-10H2,1-3H3. The maximum atomic E-state index is 12.7. The number of carbonyl (C=O) groups excluding carboxylic acids is 1. The predicted octanol–water partition coefficient (Wildman–Crippen LogP) is 3.36. The van der Waals surface area contributed by atoms with Gasteiger partial charge in [-0.3, -0.25) is 4.79 Å². The van der Waals surface area contributed by atoms with Gasteiger partial charge in [-0.25, -0.2) is 0 Å². The van der Waals surface area contributed by atoms with Crippen molar-refractivity contribution in [3.05, 3.63) is 33.8 Å². The Hall–Kier alpha value is -0.870. The fourth-order valence-electron chi connectivity index (χ4n) is 2.95. The van der Waals surface area contributed by atoms with Gasteiger partial charge in [-0.1, -0.05) is 22.0 Å². The summed E-state index contributed by atoms with van der Waals surface area (Å²) in [6.07, 6.45) is 4.47. The van der Waals surface area contributed by atoms with Crippen LogP contribution in [0, 0.1) is 6.92 Å². The molecule has 1 aliphatic rings. The van der Waals surface area contributed by atoms with Crippen LogP contribution in [0.2, 0.25) is 0 Å². The summed E-state index contributed by atoms with van der Waals surface area (Å²) in [6, 6.07) is 6.80. The van der Waals surface area contributed by atoms with Gasteiger partial charge in [0.1, 0.15) is 0 Å². The van der Waals surface area contributed by atoms with Crippen molar-refractivity contribution < 1.29 is 4.79 Å². The van der Waals surface area contributed by atoms with Gasteiger partial charge in [0.15, 0.2) is 0 Å². The lowest BCUT2D eigenvalue weighted by Gasteiger charge is -2.35. The third-order valence-electron chi connectivity index (χ3n) is 4.47. The van der Waals surface area contributed by atoms with Crippen LogP contribution in [-0.2, 0) is 0 Å². The summed E-state index contributed by atoms with van der Waals surface area (Å²) in [7, 11) is 3.96. The van der Waals surface area contributed by atoms with Crippen molar-refractivity contribution in [3.8, 4) is 0 Å². The highest BCUT2D eigenvalue weighted by Crippen LogP contribution is 2.25. The van der Waals surface area contributed by atoms with Crippen molar-refractivity contribution in [1.82, 2.24) is 10.2 Å². The van der Waals surface area contributed by atoms with E-state index in [1.165, 1.54) is 0 Å². The Kier molecular flexibility index (Phi) is 5.22. The van der Waals surface area contributed by atoms with Crippen LogP contribution >= 0.6 is 15.9 Å². The maximum absolute atomic E-state index is 12.7. The van der Waals surface area contributed by atoms with Crippen LogP contribution in [0.25, 0.3) is 0 Å². The molecular weight excluding hydrogens is 316 g/mol. The topological polar surface area (TPSA) is 32.3 Å². The maximum Gasteiger partial charge on any atom is 0.254 e. The van der Waals surface area contributed by atoms with Crippen LogP contribution in [0.15, 0.2) is 22.7 Å². The average Bonchev–Trinajstić information content (AvgIpc) is 2.48. The third-order valence-corrected chi connectivity index (χ3v) is 5.33. The minimum atomic E-state index is 0.136. The van der Waals surface area contributed by atoms with E-state index in [2.05, 4.69) is 21.2 Å². The fraction of sp³-hybridized carbons (Fsp3) is 0.562. The quantitative estimate of drug-likeness (QED) is 0.916. The van der Waals surface area contributed by atoms with Crippen LogP contribution in [0.5, 0.6) is 0 Å². The molecule has 1 aromatic carbocycles. The Bertz CT molecular complexity index is 481. The first-order valence-electron chi connectivity index (χ1n) is 7.24. The van der Waals surface area contributed by atoms with E-state index in [0.717, 1.165) is 41.3 Å². The lowest BCUT2D eigenvalue weighted by Crippen LogP contribution is -2.42. The molecule has 110 valence electrons. The smallest absolute Gasteiger partial charge is 0.254 e. The molecular formula is C16H23BrN2O. The largest absolute Gasteiger partial charge is 0.339 e. The molecule has 0 radical (unpaired) electrons. The van der Waals surface area contributed by atoms with Crippen molar-refractivity contribution >= 4 is 21.8 Å². The van der Waals surface area contributed by atoms with Crippen molar-refractivity contribution in [2.75, 3.05) is 14.1 Å². The van der Waals surface area contributed by atoms with E-state index < -0.39 is 0 Å². The van der Waals surface area contributed by atoms with Crippen LogP contribution in [0.4, 0.5) is 0 Å². The Morgan fingerprint density at radius 1 is 1.30 bits per heavy atom. The minimum Gasteiger partial charge on any atom is -0.339 e. The highest BCUT2D eigenvalue weighted by molar-refractivity contribution is 9.10. The van der Waals surface area contributed by atoms with Crippen LogP contribution < -0.4 is 5.32 Å². The Balaban J connectivity index is 2.07. The number of carbonyl (C=O) groups is 1. The summed E-state index contributed by atoms with van der Waals surface area (Å²) in [4.78, 5) is 14.6. The van der Waals surface area contributed by atoms with Gasteiger partial charge >= 0.3 is 0 Å². The van der Waals surface area contributed by atoms with E-state index >= 15 is 0 Å². The van der Waals surface area contributed by atoms with Gasteiger partial charge in [0.05, 0.1) is 0 Å². The Morgan fingerprint density at radius 3 is 2.55 bits per heavy atom. The molecule has 1 saturated carbocycles. The molecule has 1 aliphatic carbocycles. The number of hydrogen-bond acceptors (Lipinski definition) is 2. The molecule has 0 unspecified atom stereocenters. The van der Waals surface area contributed by atoms with Crippen LogP contribution in [0.1, 0.15) is 41.6 Å². The highest BCUT2D eigenvalue weighted by Gasteiger charge is 2.27. The molecule has 0 saturated heterocycles. The van der Waals surface area contributed by atoms with Gasteiger partial charge in [0.25, 0.3) is 5.91 Å². The first-order valence-corrected chi connectivity index (χ1v) is 8.03. The molecule has 1 amide bonds. The highest BCUT2D eigenvalue weighted by atomic mass is 79.9. The molecule has 3 nitrogen and oxygen atoms in total. The summed E-state index contributed by atoms with van der Waals surface area (Å²) >= 11 is 3.50.